The summed E-state index contributed by atoms with van der Waals surface area (Å²) in [6.07, 6.45) is -0.0406. The van der Waals surface area contributed by atoms with E-state index in [-0.39, 0.29) is 30.2 Å². The van der Waals surface area contributed by atoms with Crippen LogP contribution in [0.4, 0.5) is 5.69 Å². The summed E-state index contributed by atoms with van der Waals surface area (Å²) in [5.74, 6) is -0.460. The molecule has 0 amide bonds. The fourth-order valence-corrected chi connectivity index (χ4v) is 4.55. The molecule has 1 rings (SSSR count). The lowest BCUT2D eigenvalue weighted by Gasteiger charge is -2.11. The smallest absolute Gasteiger partial charge is 0.307 e. The van der Waals surface area contributed by atoms with Crippen molar-refractivity contribution in [3.63, 3.8) is 0 Å². The summed E-state index contributed by atoms with van der Waals surface area (Å²) < 4.78 is 32.3. The molecule has 0 unspecified atom stereocenters. The van der Waals surface area contributed by atoms with Gasteiger partial charge in [-0.15, -0.1) is 0 Å². The van der Waals surface area contributed by atoms with Crippen molar-refractivity contribution in [1.82, 2.24) is 4.72 Å². The van der Waals surface area contributed by atoms with E-state index in [2.05, 4.69) is 36.6 Å². The molecule has 0 aromatic heterocycles. The fraction of sp³-hybridized carbons (Fsp3) is 0.364. The normalized spacial score (nSPS) is 11.3. The Morgan fingerprint density at radius 1 is 1.40 bits per heavy atom. The van der Waals surface area contributed by atoms with E-state index < -0.39 is 16.0 Å². The number of esters is 1. The van der Waals surface area contributed by atoms with Crippen molar-refractivity contribution in [2.75, 3.05) is 18.9 Å². The number of ether oxygens (including phenoxy) is 1. The maximum Gasteiger partial charge on any atom is 0.307 e. The van der Waals surface area contributed by atoms with Crippen LogP contribution in [0.1, 0.15) is 13.3 Å². The van der Waals surface area contributed by atoms with E-state index in [1.54, 1.807) is 13.0 Å². The highest BCUT2D eigenvalue weighted by atomic mass is 79.9. The summed E-state index contributed by atoms with van der Waals surface area (Å²) in [5, 5.41) is 0. The molecule has 0 fully saturated rings. The van der Waals surface area contributed by atoms with Crippen LogP contribution in [0.3, 0.4) is 0 Å². The Morgan fingerprint density at radius 2 is 2.05 bits per heavy atom. The highest BCUT2D eigenvalue weighted by Crippen LogP contribution is 2.31. The zero-order valence-electron chi connectivity index (χ0n) is 10.7. The van der Waals surface area contributed by atoms with E-state index in [1.165, 1.54) is 6.07 Å². The van der Waals surface area contributed by atoms with E-state index in [4.69, 9.17) is 10.5 Å². The second kappa shape index (κ2) is 7.39. The van der Waals surface area contributed by atoms with Gasteiger partial charge >= 0.3 is 5.97 Å². The van der Waals surface area contributed by atoms with Crippen molar-refractivity contribution in [3.8, 4) is 0 Å². The van der Waals surface area contributed by atoms with Gasteiger partial charge in [-0.3, -0.25) is 4.79 Å². The number of nitrogen functional groups attached to an aromatic ring is 1. The highest BCUT2D eigenvalue weighted by molar-refractivity contribution is 9.11. The molecule has 1 aromatic carbocycles. The van der Waals surface area contributed by atoms with E-state index in [9.17, 15) is 13.2 Å². The molecule has 0 spiro atoms. The molecule has 0 radical (unpaired) electrons. The van der Waals surface area contributed by atoms with Gasteiger partial charge < -0.3 is 10.5 Å². The predicted molar refractivity (Wildman–Crippen MR) is 82.7 cm³/mol. The molecule has 0 saturated carbocycles. The van der Waals surface area contributed by atoms with Gasteiger partial charge in [0.25, 0.3) is 0 Å². The van der Waals surface area contributed by atoms with Gasteiger partial charge in [-0.05, 0) is 35.0 Å². The van der Waals surface area contributed by atoms with Crippen LogP contribution in [0.25, 0.3) is 0 Å². The molecule has 112 valence electrons. The number of carbonyl (C=O) groups is 1. The van der Waals surface area contributed by atoms with Crippen LogP contribution in [0.15, 0.2) is 26.0 Å². The Kier molecular flexibility index (Phi) is 6.44. The number of anilines is 1. The van der Waals surface area contributed by atoms with Gasteiger partial charge in [0, 0.05) is 15.5 Å². The Labute approximate surface area is 134 Å². The minimum Gasteiger partial charge on any atom is -0.466 e. The van der Waals surface area contributed by atoms with E-state index in [0.717, 1.165) is 0 Å². The first-order valence-electron chi connectivity index (χ1n) is 5.67. The van der Waals surface area contributed by atoms with Gasteiger partial charge in [0.15, 0.2) is 0 Å². The molecule has 1 aromatic rings. The second-order valence-corrected chi connectivity index (χ2v) is 7.23. The van der Waals surface area contributed by atoms with Crippen LogP contribution >= 0.6 is 31.9 Å². The summed E-state index contributed by atoms with van der Waals surface area (Å²) in [4.78, 5) is 11.1. The molecule has 0 aliphatic rings. The van der Waals surface area contributed by atoms with Crippen LogP contribution < -0.4 is 10.5 Å². The second-order valence-electron chi connectivity index (χ2n) is 3.76. The van der Waals surface area contributed by atoms with Crippen LogP contribution in [0, 0.1) is 0 Å². The molecule has 3 N–H and O–H groups in total. The topological polar surface area (TPSA) is 98.5 Å². The molecule has 20 heavy (non-hydrogen) atoms. The molecule has 0 atom stereocenters. The minimum absolute atomic E-state index is 0.0406. The number of rotatable bonds is 6. The standard InChI is InChI=1S/C11H14Br2N2O4S/c1-2-19-10(16)3-4-15-20(17,18)11-8(13)5-7(12)6-9(11)14/h5-6,15H,2-4,14H2,1H3. The van der Waals surface area contributed by atoms with Crippen molar-refractivity contribution in [2.45, 2.75) is 18.2 Å². The molecule has 9 heteroatoms. The number of nitrogens with one attached hydrogen (secondary N) is 1. The quantitative estimate of drug-likeness (QED) is 0.532. The third kappa shape index (κ3) is 4.72. The van der Waals surface area contributed by atoms with Gasteiger partial charge in [-0.2, -0.15) is 0 Å². The SMILES string of the molecule is CCOC(=O)CCNS(=O)(=O)c1c(N)cc(Br)cc1Br. The Hall–Kier alpha value is -0.640. The first-order chi connectivity index (χ1) is 9.27. The molecular formula is C11H14Br2N2O4S. The third-order valence-electron chi connectivity index (χ3n) is 2.23. The number of carbonyl (C=O) groups excluding carboxylic acids is 1. The van der Waals surface area contributed by atoms with Crippen LogP contribution in [-0.4, -0.2) is 27.5 Å². The van der Waals surface area contributed by atoms with Gasteiger partial charge in [0.05, 0.1) is 18.7 Å². The molecule has 0 heterocycles. The molecule has 0 saturated heterocycles. The van der Waals surface area contributed by atoms with E-state index >= 15 is 0 Å². The summed E-state index contributed by atoms with van der Waals surface area (Å²) in [5.41, 5.74) is 5.82. The maximum absolute atomic E-state index is 12.1. The van der Waals surface area contributed by atoms with Crippen molar-refractivity contribution in [1.29, 1.82) is 0 Å². The van der Waals surface area contributed by atoms with E-state index in [1.807, 2.05) is 0 Å². The zero-order valence-corrected chi connectivity index (χ0v) is 14.6. The van der Waals surface area contributed by atoms with Crippen LogP contribution in [0.5, 0.6) is 0 Å². The zero-order chi connectivity index (χ0) is 15.3. The number of sulfonamides is 1. The van der Waals surface area contributed by atoms with Crippen molar-refractivity contribution in [3.05, 3.63) is 21.1 Å². The third-order valence-corrected chi connectivity index (χ3v) is 5.16. The van der Waals surface area contributed by atoms with Crippen LogP contribution in [-0.2, 0) is 19.6 Å². The average molecular weight is 430 g/mol. The summed E-state index contributed by atoms with van der Waals surface area (Å²) in [6.45, 7) is 1.89. The lowest BCUT2D eigenvalue weighted by atomic mass is 10.3. The number of hydrogen-bond acceptors (Lipinski definition) is 5. The monoisotopic (exact) mass is 428 g/mol. The maximum atomic E-state index is 12.1. The minimum atomic E-state index is -3.80. The fourth-order valence-electron chi connectivity index (χ4n) is 1.46. The molecular weight excluding hydrogens is 416 g/mol. The van der Waals surface area contributed by atoms with Crippen molar-refractivity contribution in [2.24, 2.45) is 0 Å². The summed E-state index contributed by atoms with van der Waals surface area (Å²) in [7, 11) is -3.80. The van der Waals surface area contributed by atoms with Crippen molar-refractivity contribution >= 4 is 53.5 Å². The lowest BCUT2D eigenvalue weighted by molar-refractivity contribution is -0.142. The van der Waals surface area contributed by atoms with Gasteiger partial charge in [0.1, 0.15) is 4.90 Å². The summed E-state index contributed by atoms with van der Waals surface area (Å²) in [6, 6.07) is 3.07. The largest absolute Gasteiger partial charge is 0.466 e. The molecule has 0 aliphatic heterocycles. The first kappa shape index (κ1) is 17.4. The van der Waals surface area contributed by atoms with Gasteiger partial charge in [-0.1, -0.05) is 15.9 Å². The molecule has 6 nitrogen and oxygen atoms in total. The van der Waals surface area contributed by atoms with E-state index in [0.29, 0.717) is 8.95 Å². The Balaban J connectivity index is 2.82. The first-order valence-corrected chi connectivity index (χ1v) is 8.74. The van der Waals surface area contributed by atoms with Crippen LogP contribution in [0.2, 0.25) is 0 Å². The summed E-state index contributed by atoms with van der Waals surface area (Å²) >= 11 is 6.38. The average Bonchev–Trinajstić information content (AvgIpc) is 2.26. The Morgan fingerprint density at radius 3 is 2.60 bits per heavy atom. The molecule has 0 bridgehead atoms. The lowest BCUT2D eigenvalue weighted by Crippen LogP contribution is -2.27. The van der Waals surface area contributed by atoms with Gasteiger partial charge in [0.2, 0.25) is 10.0 Å². The number of hydrogen-bond donors (Lipinski definition) is 2. The predicted octanol–water partition coefficient (Wildman–Crippen LogP) is 2.03. The Bertz CT molecular complexity index is 581. The van der Waals surface area contributed by atoms with Gasteiger partial charge in [-0.25, -0.2) is 13.1 Å². The number of nitrogens with two attached hydrogens (primary N) is 1. The van der Waals surface area contributed by atoms with Crippen molar-refractivity contribution < 1.29 is 17.9 Å². The molecule has 0 aliphatic carbocycles. The number of benzene rings is 1. The highest BCUT2D eigenvalue weighted by Gasteiger charge is 2.21. The number of halogens is 2.